The molecule has 0 heterocycles. The highest BCUT2D eigenvalue weighted by Gasteiger charge is 2.10. The number of nitrogens with one attached hydrogen (secondary N) is 1. The summed E-state index contributed by atoms with van der Waals surface area (Å²) in [6, 6.07) is 14.0. The molecule has 2 aromatic rings. The molecule has 0 spiro atoms. The van der Waals surface area contributed by atoms with Gasteiger partial charge < -0.3 is 4.74 Å². The summed E-state index contributed by atoms with van der Waals surface area (Å²) in [4.78, 5) is 5.29. The second-order valence-corrected chi connectivity index (χ2v) is 4.66. The second kappa shape index (κ2) is 7.93. The molecule has 1 N–H and O–H groups in total. The number of benzene rings is 2. The van der Waals surface area contributed by atoms with Crippen molar-refractivity contribution in [2.45, 2.75) is 19.8 Å². The highest BCUT2D eigenvalue weighted by atomic mass is 35.5. The van der Waals surface area contributed by atoms with Crippen LogP contribution in [0, 0.1) is 0 Å². The van der Waals surface area contributed by atoms with Crippen molar-refractivity contribution in [2.24, 2.45) is 0 Å². The minimum atomic E-state index is -2.88. The van der Waals surface area contributed by atoms with Crippen LogP contribution in [0.4, 0.5) is 8.78 Å². The summed E-state index contributed by atoms with van der Waals surface area (Å²) in [5.41, 5.74) is 4.20. The molecule has 0 saturated carbocycles. The Hall–Kier alpha value is -1.69. The van der Waals surface area contributed by atoms with Gasteiger partial charge in [0.25, 0.3) is 0 Å². The van der Waals surface area contributed by atoms with E-state index in [2.05, 4.69) is 10.2 Å². The average molecular weight is 314 g/mol. The lowest BCUT2D eigenvalue weighted by atomic mass is 10.2. The SMILES string of the molecule is FC(F)Oc1ccc(Cl)cc1CNOCc1ccccc1. The number of alkyl halides is 2. The monoisotopic (exact) mass is 313 g/mol. The molecule has 0 fully saturated rings. The molecule has 21 heavy (non-hydrogen) atoms. The van der Waals surface area contributed by atoms with Gasteiger partial charge in [0, 0.05) is 17.1 Å². The molecule has 112 valence electrons. The highest BCUT2D eigenvalue weighted by molar-refractivity contribution is 6.30. The number of ether oxygens (including phenoxy) is 1. The summed E-state index contributed by atoms with van der Waals surface area (Å²) in [5, 5.41) is 0.441. The fourth-order valence-electron chi connectivity index (χ4n) is 1.73. The normalized spacial score (nSPS) is 10.9. The van der Waals surface area contributed by atoms with Crippen LogP contribution in [-0.4, -0.2) is 6.61 Å². The fraction of sp³-hybridized carbons (Fsp3) is 0.200. The van der Waals surface area contributed by atoms with Crippen LogP contribution in [0.2, 0.25) is 5.02 Å². The third kappa shape index (κ3) is 5.30. The minimum Gasteiger partial charge on any atom is -0.434 e. The maximum Gasteiger partial charge on any atom is 0.387 e. The molecule has 3 nitrogen and oxygen atoms in total. The van der Waals surface area contributed by atoms with E-state index >= 15 is 0 Å². The van der Waals surface area contributed by atoms with Gasteiger partial charge in [0.2, 0.25) is 0 Å². The molecule has 0 aromatic heterocycles. The molecule has 2 rings (SSSR count). The maximum atomic E-state index is 12.3. The number of rotatable bonds is 7. The lowest BCUT2D eigenvalue weighted by Crippen LogP contribution is -2.15. The van der Waals surface area contributed by atoms with Gasteiger partial charge in [0.15, 0.2) is 0 Å². The van der Waals surface area contributed by atoms with Gasteiger partial charge in [-0.15, -0.1) is 0 Å². The van der Waals surface area contributed by atoms with Crippen LogP contribution in [0.1, 0.15) is 11.1 Å². The van der Waals surface area contributed by atoms with Gasteiger partial charge in [-0.2, -0.15) is 14.3 Å². The molecule has 0 unspecified atom stereocenters. The van der Waals surface area contributed by atoms with Crippen molar-refractivity contribution < 1.29 is 18.4 Å². The Morgan fingerprint density at radius 1 is 1.10 bits per heavy atom. The van der Waals surface area contributed by atoms with E-state index in [4.69, 9.17) is 16.4 Å². The Balaban J connectivity index is 1.88. The predicted molar refractivity (Wildman–Crippen MR) is 76.2 cm³/mol. The van der Waals surface area contributed by atoms with E-state index in [0.29, 0.717) is 17.2 Å². The Morgan fingerprint density at radius 3 is 2.57 bits per heavy atom. The maximum absolute atomic E-state index is 12.3. The molecule has 0 bridgehead atoms. The van der Waals surface area contributed by atoms with Gasteiger partial charge >= 0.3 is 6.61 Å². The first-order valence-corrected chi connectivity index (χ1v) is 6.65. The summed E-state index contributed by atoms with van der Waals surface area (Å²) >= 11 is 5.85. The standard InChI is InChI=1S/C15H14ClF2NO2/c16-13-6-7-14(21-15(17)18)12(8-13)9-19-20-10-11-4-2-1-3-5-11/h1-8,15,19H,9-10H2. The van der Waals surface area contributed by atoms with Gasteiger partial charge in [-0.1, -0.05) is 41.9 Å². The van der Waals surface area contributed by atoms with Crippen molar-refractivity contribution >= 4 is 11.6 Å². The molecule has 0 aliphatic rings. The number of hydroxylamine groups is 1. The zero-order valence-corrected chi connectivity index (χ0v) is 11.8. The number of halogens is 3. The molecule has 0 radical (unpaired) electrons. The van der Waals surface area contributed by atoms with Crippen molar-refractivity contribution in [3.05, 3.63) is 64.7 Å². The molecule has 0 saturated heterocycles. The number of hydrogen-bond acceptors (Lipinski definition) is 3. The van der Waals surface area contributed by atoms with Crippen LogP contribution in [0.5, 0.6) is 5.75 Å². The fourth-order valence-corrected chi connectivity index (χ4v) is 1.93. The largest absolute Gasteiger partial charge is 0.434 e. The van der Waals surface area contributed by atoms with Crippen molar-refractivity contribution in [3.63, 3.8) is 0 Å². The van der Waals surface area contributed by atoms with Crippen molar-refractivity contribution in [2.75, 3.05) is 0 Å². The van der Waals surface area contributed by atoms with Gasteiger partial charge in [0.1, 0.15) is 5.75 Å². The van der Waals surface area contributed by atoms with Crippen molar-refractivity contribution in [1.29, 1.82) is 0 Å². The average Bonchev–Trinajstić information content (AvgIpc) is 2.47. The number of hydrogen-bond donors (Lipinski definition) is 1. The Bertz CT molecular complexity index is 567. The first-order valence-electron chi connectivity index (χ1n) is 6.27. The van der Waals surface area contributed by atoms with E-state index in [-0.39, 0.29) is 12.3 Å². The molecule has 6 heteroatoms. The summed E-state index contributed by atoms with van der Waals surface area (Å²) in [5.74, 6) is 0.0743. The summed E-state index contributed by atoms with van der Waals surface area (Å²) in [7, 11) is 0. The Kier molecular flexibility index (Phi) is 5.92. The predicted octanol–water partition coefficient (Wildman–Crippen LogP) is 4.16. The second-order valence-electron chi connectivity index (χ2n) is 4.23. The summed E-state index contributed by atoms with van der Waals surface area (Å²) in [6.45, 7) is -2.31. The Labute approximate surface area is 126 Å². The summed E-state index contributed by atoms with van der Waals surface area (Å²) in [6.07, 6.45) is 0. The first kappa shape index (κ1) is 15.7. The van der Waals surface area contributed by atoms with Crippen molar-refractivity contribution in [3.8, 4) is 5.75 Å². The van der Waals surface area contributed by atoms with Crippen LogP contribution < -0.4 is 10.2 Å². The van der Waals surface area contributed by atoms with Gasteiger partial charge in [-0.05, 0) is 23.8 Å². The van der Waals surface area contributed by atoms with Gasteiger partial charge in [-0.25, -0.2) is 0 Å². The quantitative estimate of drug-likeness (QED) is 0.615. The van der Waals surface area contributed by atoms with E-state index in [1.54, 1.807) is 6.07 Å². The molecule has 0 amide bonds. The molecular weight excluding hydrogens is 300 g/mol. The van der Waals surface area contributed by atoms with E-state index in [0.717, 1.165) is 5.56 Å². The van der Waals surface area contributed by atoms with Gasteiger partial charge in [-0.3, -0.25) is 4.84 Å². The molecular formula is C15H14ClF2NO2. The lowest BCUT2D eigenvalue weighted by molar-refractivity contribution is -0.0512. The van der Waals surface area contributed by atoms with E-state index in [1.807, 2.05) is 30.3 Å². The lowest BCUT2D eigenvalue weighted by Gasteiger charge is -2.12. The molecule has 0 aliphatic heterocycles. The van der Waals surface area contributed by atoms with Crippen LogP contribution in [0.3, 0.4) is 0 Å². The minimum absolute atomic E-state index is 0.0743. The molecule has 0 aliphatic carbocycles. The zero-order valence-electron chi connectivity index (χ0n) is 11.1. The van der Waals surface area contributed by atoms with Crippen LogP contribution in [0.15, 0.2) is 48.5 Å². The highest BCUT2D eigenvalue weighted by Crippen LogP contribution is 2.24. The van der Waals surface area contributed by atoms with E-state index in [9.17, 15) is 8.78 Å². The third-order valence-electron chi connectivity index (χ3n) is 2.68. The van der Waals surface area contributed by atoms with Gasteiger partial charge in [0.05, 0.1) is 6.61 Å². The zero-order chi connectivity index (χ0) is 15.1. The topological polar surface area (TPSA) is 30.5 Å². The van der Waals surface area contributed by atoms with Crippen molar-refractivity contribution in [1.82, 2.24) is 5.48 Å². The smallest absolute Gasteiger partial charge is 0.387 e. The Morgan fingerprint density at radius 2 is 1.86 bits per heavy atom. The third-order valence-corrected chi connectivity index (χ3v) is 2.92. The molecule has 0 atom stereocenters. The molecule has 2 aromatic carbocycles. The van der Waals surface area contributed by atoms with E-state index in [1.165, 1.54) is 12.1 Å². The first-order chi connectivity index (χ1) is 10.1. The van der Waals surface area contributed by atoms with Crippen LogP contribution >= 0.6 is 11.6 Å². The summed E-state index contributed by atoms with van der Waals surface area (Å²) < 4.78 is 29.0. The van der Waals surface area contributed by atoms with Crippen LogP contribution in [0.25, 0.3) is 0 Å². The van der Waals surface area contributed by atoms with E-state index < -0.39 is 6.61 Å². The van der Waals surface area contributed by atoms with Crippen LogP contribution in [-0.2, 0) is 18.0 Å².